The fourth-order valence-corrected chi connectivity index (χ4v) is 10.4. The van der Waals surface area contributed by atoms with E-state index in [1.807, 2.05) is 0 Å². The van der Waals surface area contributed by atoms with E-state index in [1.165, 1.54) is 191 Å². The van der Waals surface area contributed by atoms with Crippen LogP contribution in [0.3, 0.4) is 0 Å². The molecule has 0 fully saturated rings. The molecule has 5 rings (SSSR count). The van der Waals surface area contributed by atoms with Gasteiger partial charge in [0.05, 0.1) is 0 Å². The lowest BCUT2D eigenvalue weighted by Gasteiger charge is -2.35. The van der Waals surface area contributed by atoms with Crippen molar-refractivity contribution in [1.82, 2.24) is 0 Å². The summed E-state index contributed by atoms with van der Waals surface area (Å²) < 4.78 is 0. The molecule has 0 heteroatoms. The molecule has 0 spiro atoms. The first kappa shape index (κ1) is 40.8. The van der Waals surface area contributed by atoms with Crippen molar-refractivity contribution in [3.05, 3.63) is 82.9 Å². The van der Waals surface area contributed by atoms with Crippen molar-refractivity contribution in [2.45, 2.75) is 218 Å². The molecule has 3 aromatic rings. The third-order valence-electron chi connectivity index (χ3n) is 13.4. The molecule has 0 N–H and O–H groups in total. The highest BCUT2D eigenvalue weighted by molar-refractivity contribution is 5.89. The van der Waals surface area contributed by atoms with Crippen LogP contribution in [0.1, 0.15) is 230 Å². The second-order valence-corrected chi connectivity index (χ2v) is 17.1. The molecule has 284 valence electrons. The zero-order valence-corrected chi connectivity index (χ0v) is 34.4. The Morgan fingerprint density at radius 1 is 0.346 bits per heavy atom. The van der Waals surface area contributed by atoms with Crippen LogP contribution in [0.4, 0.5) is 0 Å². The van der Waals surface area contributed by atoms with Crippen molar-refractivity contribution in [2.75, 3.05) is 0 Å². The Morgan fingerprint density at radius 2 is 0.635 bits per heavy atom. The molecule has 3 aromatic carbocycles. The monoisotopic (exact) mass is 701 g/mol. The molecule has 0 unspecified atom stereocenters. The van der Waals surface area contributed by atoms with Gasteiger partial charge >= 0.3 is 0 Å². The average Bonchev–Trinajstić information content (AvgIpc) is 3.60. The van der Waals surface area contributed by atoms with Crippen molar-refractivity contribution < 1.29 is 0 Å². The summed E-state index contributed by atoms with van der Waals surface area (Å²) in [5.41, 5.74) is 12.8. The minimum atomic E-state index is 0.118. The lowest BCUT2D eigenvalue weighted by Crippen LogP contribution is -2.27. The highest BCUT2D eigenvalue weighted by atomic mass is 14.5. The second-order valence-electron chi connectivity index (χ2n) is 17.1. The van der Waals surface area contributed by atoms with Crippen LogP contribution in [-0.4, -0.2) is 0 Å². The molecule has 2 aliphatic carbocycles. The standard InChI is InChI=1S/C52H76/c1-5-9-13-17-21-29-37-51(38-30-22-18-14-10-6-2)47-35-27-25-33-43(47)45-42-50-46(41-49(45)51)44-34-26-28-36-48(44)52(50,39-31-23-19-15-11-7-3)40-32-24-20-16-12-8-4/h27-28,33-36,41-42H,5-24,29-32,37-40H2,1-4H3. The summed E-state index contributed by atoms with van der Waals surface area (Å²) in [4.78, 5) is 0. The van der Waals surface area contributed by atoms with Crippen LogP contribution in [0.15, 0.2) is 48.5 Å². The van der Waals surface area contributed by atoms with Gasteiger partial charge in [-0.05, 0) is 107 Å². The molecule has 0 amide bonds. The summed E-state index contributed by atoms with van der Waals surface area (Å²) in [6, 6.07) is 26.8. The number of hydrogen-bond acceptors (Lipinski definition) is 0. The second kappa shape index (κ2) is 21.5. The van der Waals surface area contributed by atoms with Crippen molar-refractivity contribution in [2.24, 2.45) is 0 Å². The lowest BCUT2D eigenvalue weighted by molar-refractivity contribution is 0.394. The minimum Gasteiger partial charge on any atom is -0.0654 e. The Morgan fingerprint density at radius 3 is 0.942 bits per heavy atom. The predicted octanol–water partition coefficient (Wildman–Crippen LogP) is 16.8. The van der Waals surface area contributed by atoms with Crippen molar-refractivity contribution >= 4 is 0 Å². The van der Waals surface area contributed by atoms with E-state index in [2.05, 4.69) is 88.4 Å². The van der Waals surface area contributed by atoms with Crippen LogP contribution in [0.5, 0.6) is 0 Å². The van der Waals surface area contributed by atoms with Crippen LogP contribution in [-0.2, 0) is 10.8 Å². The molecule has 0 saturated heterocycles. The normalized spacial score (nSPS) is 14.7. The van der Waals surface area contributed by atoms with Gasteiger partial charge in [-0.15, -0.1) is 0 Å². The first-order valence-corrected chi connectivity index (χ1v) is 22.9. The van der Waals surface area contributed by atoms with E-state index in [9.17, 15) is 0 Å². The molecule has 0 aromatic heterocycles. The first-order valence-electron chi connectivity index (χ1n) is 22.9. The largest absolute Gasteiger partial charge is 0.0654 e. The van der Waals surface area contributed by atoms with Gasteiger partial charge in [0, 0.05) is 10.8 Å². The molecule has 0 bridgehead atoms. The van der Waals surface area contributed by atoms with Crippen LogP contribution < -0.4 is 0 Å². The fourth-order valence-electron chi connectivity index (χ4n) is 10.4. The number of hydrogen-bond donors (Lipinski definition) is 0. The molecule has 2 aliphatic rings. The van der Waals surface area contributed by atoms with E-state index >= 15 is 0 Å². The summed E-state index contributed by atoms with van der Waals surface area (Å²) in [6.07, 6.45) is 37.8. The minimum absolute atomic E-state index is 0.118. The van der Waals surface area contributed by atoms with Gasteiger partial charge in [0.1, 0.15) is 0 Å². The highest BCUT2D eigenvalue weighted by Crippen LogP contribution is 2.60. The van der Waals surface area contributed by atoms with Crippen LogP contribution in [0.2, 0.25) is 0 Å². The first-order chi connectivity index (χ1) is 25.7. The quantitative estimate of drug-likeness (QED) is 0.0662. The third-order valence-corrected chi connectivity index (χ3v) is 13.4. The zero-order valence-electron chi connectivity index (χ0n) is 34.4. The summed E-state index contributed by atoms with van der Waals surface area (Å²) >= 11 is 0. The maximum Gasteiger partial charge on any atom is 0.0215 e. The van der Waals surface area contributed by atoms with E-state index < -0.39 is 0 Å². The molecule has 0 aliphatic heterocycles. The predicted molar refractivity (Wildman–Crippen MR) is 229 cm³/mol. The van der Waals surface area contributed by atoms with Crippen LogP contribution >= 0.6 is 0 Å². The number of rotatable bonds is 28. The Hall–Kier alpha value is -2.34. The summed E-state index contributed by atoms with van der Waals surface area (Å²) in [5, 5.41) is 0. The number of benzene rings is 3. The SMILES string of the molecule is CCCCCCCCC1(CCCCCCCC)c2cc[c]cc2-c2cc3c(cc21)-c1c[c]ccc1C3(CCCCCCCC)CCCCCCCC. The van der Waals surface area contributed by atoms with Crippen molar-refractivity contribution in [1.29, 1.82) is 0 Å². The van der Waals surface area contributed by atoms with E-state index in [-0.39, 0.29) is 10.8 Å². The maximum atomic E-state index is 3.57. The van der Waals surface area contributed by atoms with Gasteiger partial charge < -0.3 is 0 Å². The fraction of sp³-hybridized carbons (Fsp3) is 0.654. The summed E-state index contributed by atoms with van der Waals surface area (Å²) in [6.45, 7) is 9.35. The topological polar surface area (TPSA) is 0 Å². The van der Waals surface area contributed by atoms with Gasteiger partial charge in [-0.1, -0.05) is 206 Å². The van der Waals surface area contributed by atoms with Gasteiger partial charge in [-0.3, -0.25) is 0 Å². The van der Waals surface area contributed by atoms with E-state index in [0.717, 1.165) is 0 Å². The van der Waals surface area contributed by atoms with Crippen LogP contribution in [0, 0.1) is 12.1 Å². The Bertz CT molecular complexity index is 1310. The molecule has 0 atom stereocenters. The Kier molecular flexibility index (Phi) is 16.9. The zero-order chi connectivity index (χ0) is 36.5. The van der Waals surface area contributed by atoms with E-state index in [4.69, 9.17) is 0 Å². The molecule has 52 heavy (non-hydrogen) atoms. The molecule has 0 heterocycles. The smallest absolute Gasteiger partial charge is 0.0215 e. The van der Waals surface area contributed by atoms with E-state index in [0.29, 0.717) is 0 Å². The number of unbranched alkanes of at least 4 members (excludes halogenated alkanes) is 20. The van der Waals surface area contributed by atoms with Gasteiger partial charge in [0.2, 0.25) is 0 Å². The molecule has 2 radical (unpaired) electrons. The Labute approximate surface area is 322 Å². The highest BCUT2D eigenvalue weighted by Gasteiger charge is 2.47. The van der Waals surface area contributed by atoms with Gasteiger partial charge in [-0.25, -0.2) is 0 Å². The molecular formula is C52H76. The van der Waals surface area contributed by atoms with Crippen molar-refractivity contribution in [3.63, 3.8) is 0 Å². The van der Waals surface area contributed by atoms with E-state index in [1.54, 1.807) is 33.4 Å². The van der Waals surface area contributed by atoms with Gasteiger partial charge in [-0.2, -0.15) is 0 Å². The molecule has 0 nitrogen and oxygen atoms in total. The summed E-state index contributed by atoms with van der Waals surface area (Å²) in [7, 11) is 0. The third kappa shape index (κ3) is 9.66. The molecule has 0 saturated carbocycles. The van der Waals surface area contributed by atoms with Gasteiger partial charge in [0.15, 0.2) is 0 Å². The van der Waals surface area contributed by atoms with Gasteiger partial charge in [0.25, 0.3) is 0 Å². The van der Waals surface area contributed by atoms with Crippen molar-refractivity contribution in [3.8, 4) is 22.3 Å². The summed E-state index contributed by atoms with van der Waals surface area (Å²) in [5.74, 6) is 0. The number of fused-ring (bicyclic) bond motifs is 6. The lowest BCUT2D eigenvalue weighted by atomic mass is 9.68. The average molecular weight is 701 g/mol. The van der Waals surface area contributed by atoms with Crippen LogP contribution in [0.25, 0.3) is 22.3 Å². The Balaban J connectivity index is 1.54. The maximum absolute atomic E-state index is 3.57. The molecular weight excluding hydrogens is 625 g/mol.